The van der Waals surface area contributed by atoms with Gasteiger partial charge in [-0.05, 0) is 45.8 Å². The topological polar surface area (TPSA) is 86.2 Å². The van der Waals surface area contributed by atoms with Gasteiger partial charge >= 0.3 is 0 Å². The number of nitrogens with two attached hydrogens (primary N) is 2. The normalized spacial score (nSPS) is 10.3. The van der Waals surface area contributed by atoms with Crippen molar-refractivity contribution in [2.45, 2.75) is 0 Å². The minimum Gasteiger partial charge on any atom is -0.366 e. The van der Waals surface area contributed by atoms with Gasteiger partial charge in [0, 0.05) is 16.7 Å². The summed E-state index contributed by atoms with van der Waals surface area (Å²) in [5, 5.41) is 0. The van der Waals surface area contributed by atoms with Crippen LogP contribution in [0.25, 0.3) is 11.1 Å². The van der Waals surface area contributed by atoms with Crippen molar-refractivity contribution in [1.82, 2.24) is 0 Å². The van der Waals surface area contributed by atoms with Gasteiger partial charge in [-0.3, -0.25) is 9.59 Å². The molecule has 102 valence electrons. The fourth-order valence-corrected chi connectivity index (χ4v) is 2.30. The zero-order valence-electron chi connectivity index (χ0n) is 10.2. The molecule has 4 nitrogen and oxygen atoms in total. The van der Waals surface area contributed by atoms with Gasteiger partial charge in [-0.2, -0.15) is 0 Å². The van der Waals surface area contributed by atoms with Crippen molar-refractivity contribution in [3.8, 4) is 11.1 Å². The molecule has 2 amide bonds. The first kappa shape index (κ1) is 14.2. The summed E-state index contributed by atoms with van der Waals surface area (Å²) in [6, 6.07) is 8.63. The number of hydrogen-bond donors (Lipinski definition) is 2. The molecule has 0 spiro atoms. The van der Waals surface area contributed by atoms with Crippen molar-refractivity contribution in [3.05, 3.63) is 57.8 Å². The predicted molar refractivity (Wildman–Crippen MR) is 76.6 cm³/mol. The molecule has 0 aliphatic carbocycles. The summed E-state index contributed by atoms with van der Waals surface area (Å²) in [5.74, 6) is -1.84. The standard InChI is InChI=1S/C14H10BrFN2O2/c15-10-6-7(4-5-11(10)16)12-8(13(17)19)2-1-3-9(12)14(18)20/h1-6H,(H2,17,19)(H2,18,20). The zero-order chi connectivity index (χ0) is 14.9. The Hall–Kier alpha value is -2.21. The van der Waals surface area contributed by atoms with Gasteiger partial charge in [-0.1, -0.05) is 12.1 Å². The molecule has 0 bridgehead atoms. The van der Waals surface area contributed by atoms with Crippen molar-refractivity contribution < 1.29 is 14.0 Å². The predicted octanol–water partition coefficient (Wildman–Crippen LogP) is 2.45. The van der Waals surface area contributed by atoms with E-state index in [9.17, 15) is 14.0 Å². The Kier molecular flexibility index (Phi) is 3.85. The Morgan fingerprint density at radius 1 is 1.00 bits per heavy atom. The highest BCUT2D eigenvalue weighted by Gasteiger charge is 2.18. The number of carbonyl (C=O) groups is 2. The van der Waals surface area contributed by atoms with E-state index in [1.165, 1.54) is 36.4 Å². The van der Waals surface area contributed by atoms with Gasteiger partial charge in [0.1, 0.15) is 5.82 Å². The van der Waals surface area contributed by atoms with Crippen molar-refractivity contribution in [1.29, 1.82) is 0 Å². The Morgan fingerprint density at radius 3 is 2.00 bits per heavy atom. The molecular weight excluding hydrogens is 327 g/mol. The number of hydrogen-bond acceptors (Lipinski definition) is 2. The van der Waals surface area contributed by atoms with Crippen LogP contribution in [0.3, 0.4) is 0 Å². The molecule has 2 aromatic carbocycles. The third-order valence-electron chi connectivity index (χ3n) is 2.80. The van der Waals surface area contributed by atoms with Crippen LogP contribution in [0.5, 0.6) is 0 Å². The summed E-state index contributed by atoms with van der Waals surface area (Å²) >= 11 is 3.06. The third kappa shape index (κ3) is 2.55. The lowest BCUT2D eigenvalue weighted by Gasteiger charge is -2.12. The first-order chi connectivity index (χ1) is 9.41. The van der Waals surface area contributed by atoms with Gasteiger partial charge in [0.25, 0.3) is 0 Å². The highest BCUT2D eigenvalue weighted by atomic mass is 79.9. The van der Waals surface area contributed by atoms with Crippen LogP contribution in [0.15, 0.2) is 40.9 Å². The van der Waals surface area contributed by atoms with Gasteiger partial charge in [-0.25, -0.2) is 4.39 Å². The van der Waals surface area contributed by atoms with Crippen LogP contribution in [-0.2, 0) is 0 Å². The number of benzene rings is 2. The second-order valence-corrected chi connectivity index (χ2v) is 4.94. The van der Waals surface area contributed by atoms with Crippen LogP contribution in [0.1, 0.15) is 20.7 Å². The van der Waals surface area contributed by atoms with Crippen LogP contribution in [0.4, 0.5) is 4.39 Å². The highest BCUT2D eigenvalue weighted by Crippen LogP contribution is 2.30. The number of halogens is 2. The monoisotopic (exact) mass is 336 g/mol. The maximum Gasteiger partial charge on any atom is 0.249 e. The van der Waals surface area contributed by atoms with Crippen molar-refractivity contribution in [2.24, 2.45) is 11.5 Å². The van der Waals surface area contributed by atoms with Gasteiger partial charge in [0.05, 0.1) is 4.47 Å². The van der Waals surface area contributed by atoms with E-state index in [1.54, 1.807) is 0 Å². The Labute approximate surface area is 122 Å². The number of amides is 2. The molecule has 4 N–H and O–H groups in total. The molecule has 0 aliphatic rings. The Morgan fingerprint density at radius 2 is 1.55 bits per heavy atom. The largest absolute Gasteiger partial charge is 0.366 e. The molecule has 20 heavy (non-hydrogen) atoms. The molecule has 0 aromatic heterocycles. The fourth-order valence-electron chi connectivity index (χ4n) is 1.93. The third-order valence-corrected chi connectivity index (χ3v) is 3.41. The minimum atomic E-state index is -0.691. The fraction of sp³-hybridized carbons (Fsp3) is 0. The van der Waals surface area contributed by atoms with Gasteiger partial charge in [0.2, 0.25) is 11.8 Å². The van der Waals surface area contributed by atoms with Crippen LogP contribution < -0.4 is 11.5 Å². The Balaban J connectivity index is 2.79. The van der Waals surface area contributed by atoms with Crippen LogP contribution in [0.2, 0.25) is 0 Å². The smallest absolute Gasteiger partial charge is 0.249 e. The SMILES string of the molecule is NC(=O)c1cccc(C(N)=O)c1-c1ccc(F)c(Br)c1. The van der Waals surface area contributed by atoms with Crippen LogP contribution in [0, 0.1) is 5.82 Å². The highest BCUT2D eigenvalue weighted by molar-refractivity contribution is 9.10. The molecule has 0 saturated heterocycles. The zero-order valence-corrected chi connectivity index (χ0v) is 11.8. The van der Waals surface area contributed by atoms with Crippen molar-refractivity contribution >= 4 is 27.7 Å². The molecule has 6 heteroatoms. The van der Waals surface area contributed by atoms with E-state index < -0.39 is 17.6 Å². The molecule has 2 aromatic rings. The first-order valence-corrected chi connectivity index (χ1v) is 6.39. The maximum atomic E-state index is 13.3. The van der Waals surface area contributed by atoms with E-state index >= 15 is 0 Å². The number of primary amides is 2. The van der Waals surface area contributed by atoms with Gasteiger partial charge in [-0.15, -0.1) is 0 Å². The molecule has 0 aliphatic heterocycles. The van der Waals surface area contributed by atoms with E-state index in [1.807, 2.05) is 0 Å². The van der Waals surface area contributed by atoms with Gasteiger partial charge < -0.3 is 11.5 Å². The number of carbonyl (C=O) groups excluding carboxylic acids is 2. The average molecular weight is 337 g/mol. The molecule has 0 unspecified atom stereocenters. The molecular formula is C14H10BrFN2O2. The lowest BCUT2D eigenvalue weighted by atomic mass is 9.93. The van der Waals surface area contributed by atoms with E-state index in [0.717, 1.165) is 0 Å². The maximum absolute atomic E-state index is 13.3. The minimum absolute atomic E-state index is 0.153. The van der Waals surface area contributed by atoms with E-state index in [2.05, 4.69) is 15.9 Å². The number of rotatable bonds is 3. The molecule has 0 heterocycles. The first-order valence-electron chi connectivity index (χ1n) is 5.60. The summed E-state index contributed by atoms with van der Waals surface area (Å²) in [5.41, 5.74) is 11.7. The quantitative estimate of drug-likeness (QED) is 0.901. The molecule has 2 rings (SSSR count). The van der Waals surface area contributed by atoms with Crippen molar-refractivity contribution in [3.63, 3.8) is 0 Å². The van der Waals surface area contributed by atoms with Crippen molar-refractivity contribution in [2.75, 3.05) is 0 Å². The van der Waals surface area contributed by atoms with Crippen LogP contribution >= 0.6 is 15.9 Å². The second-order valence-electron chi connectivity index (χ2n) is 4.09. The summed E-state index contributed by atoms with van der Waals surface area (Å²) in [7, 11) is 0. The molecule has 0 saturated carbocycles. The lowest BCUT2D eigenvalue weighted by Crippen LogP contribution is -2.18. The summed E-state index contributed by atoms with van der Waals surface area (Å²) in [6.45, 7) is 0. The van der Waals surface area contributed by atoms with E-state index in [0.29, 0.717) is 11.1 Å². The Bertz CT molecular complexity index is 684. The molecule has 0 fully saturated rings. The molecule has 0 atom stereocenters. The average Bonchev–Trinajstić information content (AvgIpc) is 2.41. The second kappa shape index (κ2) is 5.42. The summed E-state index contributed by atoms with van der Waals surface area (Å²) in [4.78, 5) is 23.0. The molecule has 0 radical (unpaired) electrons. The van der Waals surface area contributed by atoms with Gasteiger partial charge in [0.15, 0.2) is 0 Å². The van der Waals surface area contributed by atoms with Crippen LogP contribution in [-0.4, -0.2) is 11.8 Å². The lowest BCUT2D eigenvalue weighted by molar-refractivity contribution is 0.0999. The summed E-state index contributed by atoms with van der Waals surface area (Å²) < 4.78 is 13.5. The summed E-state index contributed by atoms with van der Waals surface area (Å²) in [6.07, 6.45) is 0. The van der Waals surface area contributed by atoms with E-state index in [4.69, 9.17) is 11.5 Å². The van der Waals surface area contributed by atoms with E-state index in [-0.39, 0.29) is 15.6 Å².